The Morgan fingerprint density at radius 1 is 1.50 bits per heavy atom. The first kappa shape index (κ1) is 10.1. The zero-order chi connectivity index (χ0) is 9.35. The van der Waals surface area contributed by atoms with E-state index in [0.717, 1.165) is 7.11 Å². The molecule has 0 spiro atoms. The summed E-state index contributed by atoms with van der Waals surface area (Å²) in [5.41, 5.74) is 0. The maximum absolute atomic E-state index is 11.3. The van der Waals surface area contributed by atoms with Crippen LogP contribution in [0.5, 0.6) is 0 Å². The Morgan fingerprint density at radius 3 is 2.58 bits per heavy atom. The van der Waals surface area contributed by atoms with Crippen LogP contribution in [0.2, 0.25) is 0 Å². The van der Waals surface area contributed by atoms with Crippen LogP contribution in [0, 0.1) is 0 Å². The second-order valence-electron chi connectivity index (χ2n) is 2.49. The summed E-state index contributed by atoms with van der Waals surface area (Å²) in [6, 6.07) is 0. The van der Waals surface area contributed by atoms with E-state index in [1.807, 2.05) is 0 Å². The van der Waals surface area contributed by atoms with Gasteiger partial charge in [0.1, 0.15) is 12.2 Å². The van der Waals surface area contributed by atoms with Gasteiger partial charge in [0.25, 0.3) is 0 Å². The zero-order valence-corrected chi connectivity index (χ0v) is 7.35. The summed E-state index contributed by atoms with van der Waals surface area (Å²) in [4.78, 5) is 0. The van der Waals surface area contributed by atoms with Gasteiger partial charge in [-0.25, -0.2) is 0 Å². The normalized spacial score (nSPS) is 49.2. The molecule has 0 aromatic rings. The Labute approximate surface area is 69.3 Å². The molecule has 0 radical (unpaired) electrons. The molecule has 6 nitrogen and oxygen atoms in total. The molecular formula is C5H11O6P. The van der Waals surface area contributed by atoms with Crippen molar-refractivity contribution in [1.82, 2.24) is 0 Å². The molecule has 1 saturated heterocycles. The van der Waals surface area contributed by atoms with Crippen molar-refractivity contribution < 1.29 is 28.9 Å². The Hall–Kier alpha value is 0.0300. The molecule has 3 N–H and O–H groups in total. The van der Waals surface area contributed by atoms with Gasteiger partial charge >= 0.3 is 7.60 Å². The fourth-order valence-corrected chi connectivity index (χ4v) is 2.31. The third-order valence-corrected chi connectivity index (χ3v) is 3.67. The van der Waals surface area contributed by atoms with E-state index in [0.29, 0.717) is 0 Å². The average molecular weight is 198 g/mol. The summed E-state index contributed by atoms with van der Waals surface area (Å²) in [6.45, 7) is -0.302. The lowest BCUT2D eigenvalue weighted by Crippen LogP contribution is -2.44. The van der Waals surface area contributed by atoms with Gasteiger partial charge in [0.15, 0.2) is 5.85 Å². The summed E-state index contributed by atoms with van der Waals surface area (Å²) in [7, 11) is -2.53. The minimum Gasteiger partial charge on any atom is -0.388 e. The van der Waals surface area contributed by atoms with Crippen LogP contribution < -0.4 is 0 Å². The molecule has 1 fully saturated rings. The van der Waals surface area contributed by atoms with Crippen molar-refractivity contribution in [2.45, 2.75) is 18.1 Å². The SMILES string of the molecule is CO[P@]1(=O)OC[C@@H](O)[C@H](O)[C@H]1O. The fraction of sp³-hybridized carbons (Fsp3) is 1.00. The monoisotopic (exact) mass is 198 g/mol. The smallest absolute Gasteiger partial charge is 0.361 e. The number of rotatable bonds is 1. The van der Waals surface area contributed by atoms with Gasteiger partial charge in [-0.3, -0.25) is 4.57 Å². The quantitative estimate of drug-likeness (QED) is 0.462. The van der Waals surface area contributed by atoms with E-state index in [-0.39, 0.29) is 6.61 Å². The molecule has 1 heterocycles. The van der Waals surface area contributed by atoms with E-state index in [1.165, 1.54) is 0 Å². The predicted molar refractivity (Wildman–Crippen MR) is 38.6 cm³/mol. The van der Waals surface area contributed by atoms with Gasteiger partial charge in [-0.1, -0.05) is 0 Å². The highest BCUT2D eigenvalue weighted by Crippen LogP contribution is 2.55. The lowest BCUT2D eigenvalue weighted by Gasteiger charge is -2.33. The summed E-state index contributed by atoms with van der Waals surface area (Å²) in [5, 5.41) is 27.2. The average Bonchev–Trinajstić information content (AvgIpc) is 2.09. The van der Waals surface area contributed by atoms with Crippen LogP contribution >= 0.6 is 7.60 Å². The van der Waals surface area contributed by atoms with Crippen LogP contribution in [0.3, 0.4) is 0 Å². The van der Waals surface area contributed by atoms with Crippen molar-refractivity contribution in [3.8, 4) is 0 Å². The molecule has 0 unspecified atom stereocenters. The van der Waals surface area contributed by atoms with Gasteiger partial charge in [0.05, 0.1) is 6.61 Å². The first-order valence-electron chi connectivity index (χ1n) is 3.35. The van der Waals surface area contributed by atoms with Gasteiger partial charge in [-0.15, -0.1) is 0 Å². The summed E-state index contributed by atoms with van der Waals surface area (Å²) >= 11 is 0. The van der Waals surface area contributed by atoms with Crippen molar-refractivity contribution in [2.24, 2.45) is 0 Å². The highest BCUT2D eigenvalue weighted by Gasteiger charge is 2.46. The molecule has 72 valence electrons. The van der Waals surface area contributed by atoms with Crippen LogP contribution in [0.1, 0.15) is 0 Å². The van der Waals surface area contributed by atoms with Crippen LogP contribution in [0.4, 0.5) is 0 Å². The second-order valence-corrected chi connectivity index (χ2v) is 4.72. The van der Waals surface area contributed by atoms with Crippen molar-refractivity contribution in [3.63, 3.8) is 0 Å². The van der Waals surface area contributed by atoms with E-state index in [2.05, 4.69) is 9.05 Å². The first-order chi connectivity index (χ1) is 5.51. The highest BCUT2D eigenvalue weighted by molar-refractivity contribution is 7.54. The van der Waals surface area contributed by atoms with Gasteiger partial charge in [0.2, 0.25) is 0 Å². The van der Waals surface area contributed by atoms with Crippen molar-refractivity contribution in [3.05, 3.63) is 0 Å². The summed E-state index contributed by atoms with van der Waals surface area (Å²) in [5.74, 6) is -1.67. The van der Waals surface area contributed by atoms with E-state index < -0.39 is 25.6 Å². The predicted octanol–water partition coefficient (Wildman–Crippen LogP) is -1.10. The standard InChI is InChI=1S/C5H11O6P/c1-10-12(9)5(8)4(7)3(6)2-11-12/h3-8H,2H2,1H3/t3-,4+,5+,12+/m1/s1. The van der Waals surface area contributed by atoms with E-state index >= 15 is 0 Å². The van der Waals surface area contributed by atoms with Crippen LogP contribution in [-0.2, 0) is 13.6 Å². The molecule has 12 heavy (non-hydrogen) atoms. The maximum Gasteiger partial charge on any atom is 0.361 e. The van der Waals surface area contributed by atoms with E-state index in [1.54, 1.807) is 0 Å². The third-order valence-electron chi connectivity index (χ3n) is 1.70. The Balaban J connectivity index is 2.78. The molecule has 1 aliphatic rings. The Morgan fingerprint density at radius 2 is 2.08 bits per heavy atom. The molecule has 0 bridgehead atoms. The molecule has 4 atom stereocenters. The van der Waals surface area contributed by atoms with Gasteiger partial charge in [-0.05, 0) is 0 Å². The van der Waals surface area contributed by atoms with Crippen LogP contribution in [-0.4, -0.2) is 47.1 Å². The highest BCUT2D eigenvalue weighted by atomic mass is 31.2. The molecule has 0 saturated carbocycles. The second kappa shape index (κ2) is 3.41. The van der Waals surface area contributed by atoms with Gasteiger partial charge in [-0.2, -0.15) is 0 Å². The van der Waals surface area contributed by atoms with Crippen LogP contribution in [0.15, 0.2) is 0 Å². The zero-order valence-electron chi connectivity index (χ0n) is 6.45. The maximum atomic E-state index is 11.3. The Bertz CT molecular complexity index is 206. The number of hydrogen-bond acceptors (Lipinski definition) is 6. The fourth-order valence-electron chi connectivity index (χ4n) is 0.902. The number of aliphatic hydroxyl groups is 3. The van der Waals surface area contributed by atoms with Crippen molar-refractivity contribution >= 4 is 7.60 Å². The number of aliphatic hydroxyl groups excluding tert-OH is 3. The van der Waals surface area contributed by atoms with Crippen LogP contribution in [0.25, 0.3) is 0 Å². The van der Waals surface area contributed by atoms with E-state index in [4.69, 9.17) is 15.3 Å². The lowest BCUT2D eigenvalue weighted by molar-refractivity contribution is -0.0797. The molecule has 0 amide bonds. The molecule has 1 aliphatic heterocycles. The number of hydrogen-bond donors (Lipinski definition) is 3. The molecule has 0 aromatic carbocycles. The summed E-state index contributed by atoms with van der Waals surface area (Å²) < 4.78 is 20.3. The van der Waals surface area contributed by atoms with Crippen molar-refractivity contribution in [1.29, 1.82) is 0 Å². The summed E-state index contributed by atoms with van der Waals surface area (Å²) in [6.07, 6.45) is -2.71. The minimum absolute atomic E-state index is 0.302. The first-order valence-corrected chi connectivity index (χ1v) is 4.96. The van der Waals surface area contributed by atoms with Gasteiger partial charge in [0, 0.05) is 7.11 Å². The molecule has 1 rings (SSSR count). The Kier molecular flexibility index (Phi) is 2.88. The lowest BCUT2D eigenvalue weighted by atomic mass is 10.2. The van der Waals surface area contributed by atoms with E-state index in [9.17, 15) is 4.57 Å². The molecular weight excluding hydrogens is 187 g/mol. The topological polar surface area (TPSA) is 96.2 Å². The largest absolute Gasteiger partial charge is 0.388 e. The third kappa shape index (κ3) is 1.54. The molecule has 0 aliphatic carbocycles. The minimum atomic E-state index is -3.63. The van der Waals surface area contributed by atoms with Crippen molar-refractivity contribution in [2.75, 3.05) is 13.7 Å². The van der Waals surface area contributed by atoms with Gasteiger partial charge < -0.3 is 24.4 Å². The molecule has 0 aromatic heterocycles. The molecule has 7 heteroatoms.